The Balaban J connectivity index is 0.00000300. The van der Waals surface area contributed by atoms with Crippen molar-refractivity contribution in [3.63, 3.8) is 0 Å². The maximum absolute atomic E-state index is 11.8. The molecule has 0 fully saturated rings. The van der Waals surface area contributed by atoms with Crippen LogP contribution in [0.5, 0.6) is 5.75 Å². The number of halogens is 1. The minimum Gasteiger partial charge on any atom is -0.505 e. The second kappa shape index (κ2) is 9.66. The first-order chi connectivity index (χ1) is 13.3. The molecule has 0 heterocycles. The standard InChI is InChI=1S/C18H14ClN3O5S.Na/c19-10-16(23)20-13-6-7-14-11(8-13)9-15(28(25,26)27)17(18(14)24)22-21-12-4-2-1-3-5-12;/h1-9,24H,10H2,(H,20,23)(H,25,26,27);. The third-order valence-corrected chi connectivity index (χ3v) is 4.87. The molecule has 1 amide bonds. The molecule has 0 saturated carbocycles. The summed E-state index contributed by atoms with van der Waals surface area (Å²) in [6.07, 6.45) is 0. The number of anilines is 1. The summed E-state index contributed by atoms with van der Waals surface area (Å²) in [5, 5.41) is 21.3. The van der Waals surface area contributed by atoms with Crippen molar-refractivity contribution in [1.29, 1.82) is 0 Å². The molecular weight excluding hydrogens is 429 g/mol. The van der Waals surface area contributed by atoms with E-state index in [-0.39, 0.29) is 46.2 Å². The summed E-state index contributed by atoms with van der Waals surface area (Å²) < 4.78 is 33.2. The molecule has 8 nitrogen and oxygen atoms in total. The normalized spacial score (nSPS) is 11.4. The van der Waals surface area contributed by atoms with E-state index in [0.717, 1.165) is 6.07 Å². The topological polar surface area (TPSA) is 128 Å². The molecule has 145 valence electrons. The monoisotopic (exact) mass is 442 g/mol. The number of hydrogen-bond acceptors (Lipinski definition) is 6. The number of carbonyl (C=O) groups excluding carboxylic acids is 1. The Morgan fingerprint density at radius 3 is 2.38 bits per heavy atom. The zero-order valence-electron chi connectivity index (χ0n) is 15.2. The molecule has 0 aromatic heterocycles. The first kappa shape index (κ1) is 23.3. The van der Waals surface area contributed by atoms with Gasteiger partial charge in [-0.1, -0.05) is 18.2 Å². The van der Waals surface area contributed by atoms with Gasteiger partial charge < -0.3 is 10.4 Å². The summed E-state index contributed by atoms with van der Waals surface area (Å²) in [7, 11) is -4.71. The van der Waals surface area contributed by atoms with Gasteiger partial charge in [0.15, 0.2) is 5.75 Å². The average Bonchev–Trinajstić information content (AvgIpc) is 2.67. The molecule has 11 heteroatoms. The van der Waals surface area contributed by atoms with E-state index in [1.54, 1.807) is 30.3 Å². The summed E-state index contributed by atoms with van der Waals surface area (Å²) in [4.78, 5) is 10.8. The van der Waals surface area contributed by atoms with Gasteiger partial charge >= 0.3 is 0 Å². The predicted molar refractivity (Wildman–Crippen MR) is 111 cm³/mol. The Hall–Kier alpha value is -2.01. The summed E-state index contributed by atoms with van der Waals surface area (Å²) in [6.45, 7) is 0. The second-order valence-corrected chi connectivity index (χ2v) is 7.36. The van der Waals surface area contributed by atoms with Gasteiger partial charge in [0.2, 0.25) is 5.91 Å². The quantitative estimate of drug-likeness (QED) is 0.238. The van der Waals surface area contributed by atoms with Crippen LogP contribution in [0.4, 0.5) is 17.1 Å². The van der Waals surface area contributed by atoms with Crippen LogP contribution in [-0.4, -0.2) is 59.4 Å². The van der Waals surface area contributed by atoms with Gasteiger partial charge in [0.1, 0.15) is 16.5 Å². The number of azo groups is 1. The number of alkyl halides is 1. The number of benzene rings is 3. The van der Waals surface area contributed by atoms with E-state index in [1.807, 2.05) is 0 Å². The second-order valence-electron chi connectivity index (χ2n) is 5.70. The van der Waals surface area contributed by atoms with Crippen molar-refractivity contribution in [3.8, 4) is 5.75 Å². The van der Waals surface area contributed by atoms with Crippen LogP contribution in [0.2, 0.25) is 0 Å². The van der Waals surface area contributed by atoms with Crippen LogP contribution in [0.1, 0.15) is 0 Å². The van der Waals surface area contributed by atoms with Gasteiger partial charge in [-0.15, -0.1) is 16.7 Å². The van der Waals surface area contributed by atoms with Crippen LogP contribution in [0.25, 0.3) is 10.8 Å². The van der Waals surface area contributed by atoms with Crippen LogP contribution in [-0.2, 0) is 14.9 Å². The number of nitrogens with zero attached hydrogens (tertiary/aromatic N) is 2. The zero-order chi connectivity index (χ0) is 20.3. The van der Waals surface area contributed by atoms with Crippen LogP contribution in [0.3, 0.4) is 0 Å². The number of aromatic hydroxyl groups is 1. The SMILES string of the molecule is O=C(CCl)Nc1ccc2c(O)c(N=Nc3ccccc3)c(S(=O)(=O)O)cc2c1.[Na]. The first-order valence-corrected chi connectivity index (χ1v) is 9.87. The molecule has 0 aliphatic heterocycles. The fraction of sp³-hybridized carbons (Fsp3) is 0.0556. The summed E-state index contributed by atoms with van der Waals surface area (Å²) in [6, 6.07) is 14.1. The predicted octanol–water partition coefficient (Wildman–Crippen LogP) is 4.00. The van der Waals surface area contributed by atoms with E-state index in [9.17, 15) is 22.9 Å². The number of nitrogens with one attached hydrogen (secondary N) is 1. The largest absolute Gasteiger partial charge is 0.505 e. The molecule has 0 unspecified atom stereocenters. The molecule has 3 aromatic rings. The molecule has 3 rings (SSSR count). The summed E-state index contributed by atoms with van der Waals surface area (Å²) in [5.41, 5.74) is 0.385. The molecule has 0 spiro atoms. The Morgan fingerprint density at radius 2 is 1.76 bits per heavy atom. The summed E-state index contributed by atoms with van der Waals surface area (Å²) in [5.74, 6) is -1.17. The maximum atomic E-state index is 11.8. The number of hydrogen-bond donors (Lipinski definition) is 3. The number of fused-ring (bicyclic) bond motifs is 1. The molecule has 1 radical (unpaired) electrons. The Morgan fingerprint density at radius 1 is 1.07 bits per heavy atom. The van der Waals surface area contributed by atoms with Crippen molar-refractivity contribution in [1.82, 2.24) is 0 Å². The molecule has 0 bridgehead atoms. The van der Waals surface area contributed by atoms with E-state index in [0.29, 0.717) is 11.4 Å². The minimum absolute atomic E-state index is 0. The van der Waals surface area contributed by atoms with Crippen molar-refractivity contribution < 1.29 is 22.9 Å². The van der Waals surface area contributed by atoms with Crippen molar-refractivity contribution in [2.45, 2.75) is 4.90 Å². The van der Waals surface area contributed by atoms with Crippen molar-refractivity contribution in [2.75, 3.05) is 11.2 Å². The summed E-state index contributed by atoms with van der Waals surface area (Å²) >= 11 is 5.45. The molecule has 0 saturated heterocycles. The van der Waals surface area contributed by atoms with Crippen molar-refractivity contribution in [3.05, 3.63) is 54.6 Å². The van der Waals surface area contributed by atoms with E-state index in [4.69, 9.17) is 11.6 Å². The van der Waals surface area contributed by atoms with E-state index < -0.39 is 32.4 Å². The van der Waals surface area contributed by atoms with E-state index in [1.165, 1.54) is 18.2 Å². The van der Waals surface area contributed by atoms with Gasteiger partial charge in [-0.05, 0) is 41.8 Å². The Labute approximate surface area is 193 Å². The van der Waals surface area contributed by atoms with Gasteiger partial charge in [0, 0.05) is 40.6 Å². The van der Waals surface area contributed by atoms with E-state index in [2.05, 4.69) is 15.5 Å². The van der Waals surface area contributed by atoms with Crippen molar-refractivity contribution in [2.24, 2.45) is 10.2 Å². The van der Waals surface area contributed by atoms with Crippen LogP contribution in [0.15, 0.2) is 69.7 Å². The number of carbonyl (C=O) groups is 1. The molecule has 0 aliphatic carbocycles. The minimum atomic E-state index is -4.71. The third kappa shape index (κ3) is 5.53. The Bertz CT molecular complexity index is 1190. The number of phenolic OH excluding ortho intramolecular Hbond substituents is 1. The molecule has 0 atom stereocenters. The van der Waals surface area contributed by atoms with Gasteiger partial charge in [-0.3, -0.25) is 9.35 Å². The molecule has 29 heavy (non-hydrogen) atoms. The van der Waals surface area contributed by atoms with Crippen LogP contribution >= 0.6 is 11.6 Å². The number of phenols is 1. The first-order valence-electron chi connectivity index (χ1n) is 7.89. The Kier molecular flexibility index (Phi) is 7.75. The molecule has 0 aliphatic rings. The fourth-order valence-corrected chi connectivity index (χ4v) is 3.24. The average molecular weight is 443 g/mol. The van der Waals surface area contributed by atoms with Gasteiger partial charge in [-0.2, -0.15) is 13.5 Å². The number of rotatable bonds is 5. The molecule has 3 aromatic carbocycles. The fourth-order valence-electron chi connectivity index (χ4n) is 2.52. The molecular formula is C18H14ClN3NaO5S. The third-order valence-electron chi connectivity index (χ3n) is 3.76. The van der Waals surface area contributed by atoms with Gasteiger partial charge in [0.25, 0.3) is 10.1 Å². The molecule has 3 N–H and O–H groups in total. The maximum Gasteiger partial charge on any atom is 0.296 e. The van der Waals surface area contributed by atoms with Gasteiger partial charge in [-0.25, -0.2) is 0 Å². The zero-order valence-corrected chi connectivity index (χ0v) is 18.8. The van der Waals surface area contributed by atoms with Crippen LogP contribution < -0.4 is 5.32 Å². The number of amides is 1. The smallest absolute Gasteiger partial charge is 0.296 e. The van der Waals surface area contributed by atoms with Gasteiger partial charge in [0.05, 0.1) is 5.69 Å². The van der Waals surface area contributed by atoms with Crippen molar-refractivity contribution >= 4 is 85.0 Å². The van der Waals surface area contributed by atoms with Crippen LogP contribution in [0, 0.1) is 0 Å². The van der Waals surface area contributed by atoms with E-state index >= 15 is 0 Å².